The summed E-state index contributed by atoms with van der Waals surface area (Å²) in [5.74, 6) is 0.0594. The molecule has 4 heteroatoms. The third-order valence-corrected chi connectivity index (χ3v) is 1.93. The van der Waals surface area contributed by atoms with Crippen LogP contribution in [0, 0.1) is 5.41 Å². The Morgan fingerprint density at radius 2 is 2.42 bits per heavy atom. The summed E-state index contributed by atoms with van der Waals surface area (Å²) in [5.41, 5.74) is 5.26. The topological polar surface area (TPSA) is 68.3 Å². The molecule has 1 rings (SSSR count). The van der Waals surface area contributed by atoms with Gasteiger partial charge in [-0.2, -0.15) is 0 Å². The third kappa shape index (κ3) is 2.79. The van der Waals surface area contributed by atoms with Crippen molar-refractivity contribution in [1.82, 2.24) is 0 Å². The Labute approximate surface area is 72.5 Å². The van der Waals surface area contributed by atoms with E-state index in [2.05, 4.69) is 0 Å². The molecule has 1 heterocycles. The van der Waals surface area contributed by atoms with Gasteiger partial charge in [0.25, 0.3) is 0 Å². The first-order chi connectivity index (χ1) is 5.70. The van der Waals surface area contributed by atoms with Crippen molar-refractivity contribution in [2.45, 2.75) is 38.6 Å². The van der Waals surface area contributed by atoms with Crippen LogP contribution in [0.2, 0.25) is 0 Å². The first-order valence-corrected chi connectivity index (χ1v) is 4.31. The van der Waals surface area contributed by atoms with Gasteiger partial charge in [0.15, 0.2) is 6.29 Å². The summed E-state index contributed by atoms with van der Waals surface area (Å²) in [6, 6.07) is 0. The van der Waals surface area contributed by atoms with Crippen molar-refractivity contribution >= 4 is 5.84 Å². The SMILES string of the molecule is C[C@H](OC1CCCCO1)C(=N)N. The highest BCUT2D eigenvalue weighted by molar-refractivity contribution is 5.81. The number of rotatable bonds is 3. The van der Waals surface area contributed by atoms with E-state index < -0.39 is 0 Å². The predicted molar refractivity (Wildman–Crippen MR) is 46.1 cm³/mol. The maximum atomic E-state index is 7.12. The van der Waals surface area contributed by atoms with Crippen molar-refractivity contribution in [2.24, 2.45) is 5.73 Å². The molecule has 0 spiro atoms. The second kappa shape index (κ2) is 4.42. The molecule has 0 aromatic carbocycles. The van der Waals surface area contributed by atoms with Crippen LogP contribution in [0.1, 0.15) is 26.2 Å². The van der Waals surface area contributed by atoms with Gasteiger partial charge in [-0.15, -0.1) is 0 Å². The van der Waals surface area contributed by atoms with Gasteiger partial charge >= 0.3 is 0 Å². The molecule has 1 unspecified atom stereocenters. The van der Waals surface area contributed by atoms with Crippen LogP contribution in [0.5, 0.6) is 0 Å². The van der Waals surface area contributed by atoms with Gasteiger partial charge in [-0.05, 0) is 26.2 Å². The average molecular weight is 172 g/mol. The van der Waals surface area contributed by atoms with Crippen LogP contribution in [0.25, 0.3) is 0 Å². The minimum atomic E-state index is -0.326. The molecule has 1 saturated heterocycles. The summed E-state index contributed by atoms with van der Waals surface area (Å²) in [6.45, 7) is 2.52. The first kappa shape index (κ1) is 9.48. The van der Waals surface area contributed by atoms with Crippen molar-refractivity contribution < 1.29 is 9.47 Å². The Balaban J connectivity index is 2.24. The minimum absolute atomic E-state index is 0.0594. The van der Waals surface area contributed by atoms with Gasteiger partial charge < -0.3 is 15.2 Å². The van der Waals surface area contributed by atoms with E-state index in [0.717, 1.165) is 25.9 Å². The van der Waals surface area contributed by atoms with Crippen LogP contribution in [-0.4, -0.2) is 24.8 Å². The summed E-state index contributed by atoms with van der Waals surface area (Å²) >= 11 is 0. The van der Waals surface area contributed by atoms with E-state index in [1.165, 1.54) is 0 Å². The van der Waals surface area contributed by atoms with Gasteiger partial charge in [-0.3, -0.25) is 5.41 Å². The monoisotopic (exact) mass is 172 g/mol. The van der Waals surface area contributed by atoms with Crippen molar-refractivity contribution in [1.29, 1.82) is 5.41 Å². The molecule has 0 amide bonds. The van der Waals surface area contributed by atoms with Gasteiger partial charge in [0.1, 0.15) is 11.9 Å². The molecule has 1 aliphatic rings. The van der Waals surface area contributed by atoms with Crippen LogP contribution in [-0.2, 0) is 9.47 Å². The Hall–Kier alpha value is -0.610. The zero-order chi connectivity index (χ0) is 8.97. The number of amidine groups is 1. The second-order valence-electron chi connectivity index (χ2n) is 3.03. The van der Waals surface area contributed by atoms with Gasteiger partial charge in [0, 0.05) is 6.61 Å². The van der Waals surface area contributed by atoms with Crippen LogP contribution < -0.4 is 5.73 Å². The largest absolute Gasteiger partial charge is 0.385 e. The molecule has 1 aliphatic heterocycles. The van der Waals surface area contributed by atoms with E-state index in [-0.39, 0.29) is 18.2 Å². The van der Waals surface area contributed by atoms with E-state index in [9.17, 15) is 0 Å². The molecule has 0 bridgehead atoms. The fraction of sp³-hybridized carbons (Fsp3) is 0.875. The van der Waals surface area contributed by atoms with Crippen molar-refractivity contribution in [3.8, 4) is 0 Å². The molecule has 70 valence electrons. The molecule has 3 N–H and O–H groups in total. The third-order valence-electron chi connectivity index (χ3n) is 1.93. The Morgan fingerprint density at radius 1 is 1.67 bits per heavy atom. The van der Waals surface area contributed by atoms with E-state index in [1.54, 1.807) is 6.92 Å². The average Bonchev–Trinajstić information content (AvgIpc) is 2.06. The number of hydrogen-bond acceptors (Lipinski definition) is 3. The standard InChI is InChI=1S/C8H16N2O2/c1-6(8(9)10)12-7-4-2-3-5-11-7/h6-7H,2-5H2,1H3,(H3,9,10)/t6-,7?/m0/s1. The molecule has 2 atom stereocenters. The highest BCUT2D eigenvalue weighted by atomic mass is 16.7. The summed E-state index contributed by atoms with van der Waals surface area (Å²) in [7, 11) is 0. The molecule has 0 aliphatic carbocycles. The summed E-state index contributed by atoms with van der Waals surface area (Å²) in [4.78, 5) is 0. The predicted octanol–water partition coefficient (Wildman–Crippen LogP) is 0.854. The van der Waals surface area contributed by atoms with E-state index in [0.29, 0.717) is 0 Å². The smallest absolute Gasteiger partial charge is 0.158 e. The first-order valence-electron chi connectivity index (χ1n) is 4.31. The van der Waals surface area contributed by atoms with Crippen molar-refractivity contribution in [3.05, 3.63) is 0 Å². The Morgan fingerprint density at radius 3 is 2.92 bits per heavy atom. The molecule has 0 radical (unpaired) electrons. The van der Waals surface area contributed by atoms with Crippen LogP contribution in [0.4, 0.5) is 0 Å². The van der Waals surface area contributed by atoms with Gasteiger partial charge in [-0.25, -0.2) is 0 Å². The lowest BCUT2D eigenvalue weighted by Crippen LogP contribution is -2.34. The number of ether oxygens (including phenoxy) is 2. The zero-order valence-corrected chi connectivity index (χ0v) is 7.38. The lowest BCUT2D eigenvalue weighted by molar-refractivity contribution is -0.171. The number of hydrogen-bond donors (Lipinski definition) is 2. The van der Waals surface area contributed by atoms with Crippen molar-refractivity contribution in [3.63, 3.8) is 0 Å². The molecule has 0 aromatic heterocycles. The second-order valence-corrected chi connectivity index (χ2v) is 3.03. The Kier molecular flexibility index (Phi) is 3.49. The number of nitrogens with one attached hydrogen (secondary N) is 1. The number of nitrogens with two attached hydrogens (primary N) is 1. The maximum absolute atomic E-state index is 7.12. The van der Waals surface area contributed by atoms with Crippen LogP contribution in [0.15, 0.2) is 0 Å². The van der Waals surface area contributed by atoms with Crippen LogP contribution >= 0.6 is 0 Å². The van der Waals surface area contributed by atoms with E-state index in [4.69, 9.17) is 20.6 Å². The Bertz CT molecular complexity index is 155. The van der Waals surface area contributed by atoms with Gasteiger partial charge in [0.05, 0.1) is 0 Å². The molecular weight excluding hydrogens is 156 g/mol. The summed E-state index contributed by atoms with van der Waals surface area (Å²) in [6.07, 6.45) is 2.67. The lowest BCUT2D eigenvalue weighted by atomic mass is 10.2. The lowest BCUT2D eigenvalue weighted by Gasteiger charge is -2.25. The fourth-order valence-corrected chi connectivity index (χ4v) is 1.12. The van der Waals surface area contributed by atoms with E-state index >= 15 is 0 Å². The summed E-state index contributed by atoms with van der Waals surface area (Å²) in [5, 5.41) is 7.12. The van der Waals surface area contributed by atoms with Crippen molar-refractivity contribution in [2.75, 3.05) is 6.61 Å². The normalized spacial score (nSPS) is 26.6. The molecule has 4 nitrogen and oxygen atoms in total. The quantitative estimate of drug-likeness (QED) is 0.490. The minimum Gasteiger partial charge on any atom is -0.385 e. The molecular formula is C8H16N2O2. The van der Waals surface area contributed by atoms with Crippen LogP contribution in [0.3, 0.4) is 0 Å². The van der Waals surface area contributed by atoms with Gasteiger partial charge in [-0.1, -0.05) is 0 Å². The van der Waals surface area contributed by atoms with E-state index in [1.807, 2.05) is 0 Å². The molecule has 0 saturated carbocycles. The van der Waals surface area contributed by atoms with Gasteiger partial charge in [0.2, 0.25) is 0 Å². The summed E-state index contributed by atoms with van der Waals surface area (Å²) < 4.78 is 10.7. The molecule has 12 heavy (non-hydrogen) atoms. The molecule has 0 aromatic rings. The molecule has 1 fully saturated rings. The maximum Gasteiger partial charge on any atom is 0.158 e. The fourth-order valence-electron chi connectivity index (χ4n) is 1.12. The zero-order valence-electron chi connectivity index (χ0n) is 7.38. The highest BCUT2D eigenvalue weighted by Gasteiger charge is 2.18. The highest BCUT2D eigenvalue weighted by Crippen LogP contribution is 2.14.